The van der Waals surface area contributed by atoms with Crippen LogP contribution >= 0.6 is 23.4 Å². The summed E-state index contributed by atoms with van der Waals surface area (Å²) < 4.78 is 32.5. The van der Waals surface area contributed by atoms with E-state index in [2.05, 4.69) is 10.2 Å². The Morgan fingerprint density at radius 2 is 1.75 bits per heavy atom. The number of sulfone groups is 1. The van der Waals surface area contributed by atoms with Crippen LogP contribution in [0.25, 0.3) is 0 Å². The Kier molecular flexibility index (Phi) is 6.64. The van der Waals surface area contributed by atoms with Crippen LogP contribution in [0.5, 0.6) is 5.75 Å². The van der Waals surface area contributed by atoms with E-state index in [4.69, 9.17) is 16.3 Å². The molecule has 1 heterocycles. The smallest absolute Gasteiger partial charge is 0.191 e. The van der Waals surface area contributed by atoms with Crippen LogP contribution in [-0.4, -0.2) is 35.5 Å². The maximum Gasteiger partial charge on any atom is 0.191 e. The molecule has 2 aromatic carbocycles. The van der Waals surface area contributed by atoms with E-state index < -0.39 is 9.84 Å². The third-order valence-corrected chi connectivity index (χ3v) is 6.89. The highest BCUT2D eigenvalue weighted by molar-refractivity contribution is 7.99. The fourth-order valence-electron chi connectivity index (χ4n) is 2.42. The molecule has 0 aliphatic heterocycles. The van der Waals surface area contributed by atoms with E-state index in [0.29, 0.717) is 28.4 Å². The molecule has 0 unspecified atom stereocenters. The van der Waals surface area contributed by atoms with Gasteiger partial charge in [0.25, 0.3) is 0 Å². The minimum atomic E-state index is -3.47. The standard InChI is InChI=1S/C19H20ClN3O3S2/c1-14-3-9-17(10-4-14)28(24,25)13-18-21-22-19(23(18)2)27-12-11-26-16-7-5-15(20)6-8-16/h3-10H,11-13H2,1-2H3. The van der Waals surface area contributed by atoms with Gasteiger partial charge in [-0.25, -0.2) is 8.42 Å². The van der Waals surface area contributed by atoms with Gasteiger partial charge in [0.05, 0.1) is 11.5 Å². The number of thioether (sulfide) groups is 1. The van der Waals surface area contributed by atoms with E-state index >= 15 is 0 Å². The molecule has 0 atom stereocenters. The van der Waals surface area contributed by atoms with E-state index in [1.54, 1.807) is 48.0 Å². The van der Waals surface area contributed by atoms with Gasteiger partial charge in [0.15, 0.2) is 15.0 Å². The number of aryl methyl sites for hydroxylation is 1. The average Bonchev–Trinajstić information content (AvgIpc) is 3.00. The SMILES string of the molecule is Cc1ccc(S(=O)(=O)Cc2nnc(SCCOc3ccc(Cl)cc3)n2C)cc1. The molecule has 0 aliphatic rings. The minimum absolute atomic E-state index is 0.193. The largest absolute Gasteiger partial charge is 0.493 e. The van der Waals surface area contributed by atoms with Gasteiger partial charge in [-0.3, -0.25) is 0 Å². The van der Waals surface area contributed by atoms with Crippen molar-refractivity contribution in [2.75, 3.05) is 12.4 Å². The first-order valence-corrected chi connectivity index (χ1v) is 11.6. The number of nitrogens with zero attached hydrogens (tertiary/aromatic N) is 3. The predicted molar refractivity (Wildman–Crippen MR) is 111 cm³/mol. The van der Waals surface area contributed by atoms with Crippen LogP contribution in [0.3, 0.4) is 0 Å². The minimum Gasteiger partial charge on any atom is -0.493 e. The predicted octanol–water partition coefficient (Wildman–Crippen LogP) is 3.92. The second kappa shape index (κ2) is 8.98. The molecule has 28 heavy (non-hydrogen) atoms. The fraction of sp³-hybridized carbons (Fsp3) is 0.263. The lowest BCUT2D eigenvalue weighted by Crippen LogP contribution is -2.10. The topological polar surface area (TPSA) is 74.1 Å². The highest BCUT2D eigenvalue weighted by Gasteiger charge is 2.20. The Balaban J connectivity index is 1.57. The average molecular weight is 438 g/mol. The van der Waals surface area contributed by atoms with Crippen LogP contribution in [0.4, 0.5) is 0 Å². The second-order valence-corrected chi connectivity index (χ2v) is 9.67. The zero-order valence-electron chi connectivity index (χ0n) is 15.5. The molecule has 0 aliphatic carbocycles. The summed E-state index contributed by atoms with van der Waals surface area (Å²) in [4.78, 5) is 0.284. The van der Waals surface area contributed by atoms with E-state index in [1.807, 2.05) is 19.1 Å². The van der Waals surface area contributed by atoms with Crippen molar-refractivity contribution in [3.05, 3.63) is 64.9 Å². The summed E-state index contributed by atoms with van der Waals surface area (Å²) in [5.74, 6) is 1.61. The van der Waals surface area contributed by atoms with E-state index in [-0.39, 0.29) is 10.6 Å². The Bertz CT molecular complexity index is 1030. The molecule has 3 aromatic rings. The van der Waals surface area contributed by atoms with Gasteiger partial charge in [-0.15, -0.1) is 10.2 Å². The number of hydrogen-bond donors (Lipinski definition) is 0. The molecule has 0 radical (unpaired) electrons. The van der Waals surface area contributed by atoms with Crippen molar-refractivity contribution in [1.82, 2.24) is 14.8 Å². The van der Waals surface area contributed by atoms with Crippen molar-refractivity contribution in [3.63, 3.8) is 0 Å². The summed E-state index contributed by atoms with van der Waals surface area (Å²) in [6.45, 7) is 2.40. The highest BCUT2D eigenvalue weighted by Crippen LogP contribution is 2.21. The van der Waals surface area contributed by atoms with Crippen molar-refractivity contribution in [1.29, 1.82) is 0 Å². The highest BCUT2D eigenvalue weighted by atomic mass is 35.5. The molecular weight excluding hydrogens is 418 g/mol. The monoisotopic (exact) mass is 437 g/mol. The van der Waals surface area contributed by atoms with Crippen molar-refractivity contribution in [3.8, 4) is 5.75 Å². The van der Waals surface area contributed by atoms with Crippen LogP contribution in [0.1, 0.15) is 11.4 Å². The summed E-state index contributed by atoms with van der Waals surface area (Å²) in [6.07, 6.45) is 0. The molecule has 9 heteroatoms. The summed E-state index contributed by atoms with van der Waals surface area (Å²) in [5.41, 5.74) is 1.01. The van der Waals surface area contributed by atoms with Crippen LogP contribution in [0, 0.1) is 6.92 Å². The molecule has 1 aromatic heterocycles. The summed E-state index contributed by atoms with van der Waals surface area (Å²) in [5, 5.41) is 9.46. The molecule has 0 fully saturated rings. The lowest BCUT2D eigenvalue weighted by Gasteiger charge is -2.07. The van der Waals surface area contributed by atoms with Gasteiger partial charge < -0.3 is 9.30 Å². The van der Waals surface area contributed by atoms with Gasteiger partial charge in [0, 0.05) is 17.8 Å². The van der Waals surface area contributed by atoms with Gasteiger partial charge in [-0.2, -0.15) is 0 Å². The van der Waals surface area contributed by atoms with E-state index in [0.717, 1.165) is 11.3 Å². The van der Waals surface area contributed by atoms with Gasteiger partial charge in [0.1, 0.15) is 17.3 Å². The Labute approximate surface area is 173 Å². The lowest BCUT2D eigenvalue weighted by molar-refractivity contribution is 0.344. The zero-order chi connectivity index (χ0) is 20.1. The fourth-order valence-corrected chi connectivity index (χ4v) is 4.60. The maximum absolute atomic E-state index is 12.6. The molecule has 148 valence electrons. The number of rotatable bonds is 8. The first-order chi connectivity index (χ1) is 13.3. The molecule has 0 bridgehead atoms. The molecular formula is C19H20ClN3O3S2. The molecule has 0 N–H and O–H groups in total. The normalized spacial score (nSPS) is 11.5. The zero-order valence-corrected chi connectivity index (χ0v) is 17.9. The molecule has 6 nitrogen and oxygen atoms in total. The number of ether oxygens (including phenoxy) is 1. The Hall–Kier alpha value is -2.03. The third kappa shape index (κ3) is 5.27. The van der Waals surface area contributed by atoms with Crippen LogP contribution in [0.2, 0.25) is 5.02 Å². The molecule has 0 spiro atoms. The Morgan fingerprint density at radius 3 is 2.43 bits per heavy atom. The summed E-state index contributed by atoms with van der Waals surface area (Å²) in [7, 11) is -1.71. The van der Waals surface area contributed by atoms with Crippen LogP contribution in [0.15, 0.2) is 58.6 Å². The van der Waals surface area contributed by atoms with Gasteiger partial charge in [-0.1, -0.05) is 41.1 Å². The van der Waals surface area contributed by atoms with Gasteiger partial charge in [-0.05, 0) is 43.3 Å². The molecule has 0 amide bonds. The van der Waals surface area contributed by atoms with Crippen molar-refractivity contribution in [2.24, 2.45) is 7.05 Å². The second-order valence-electron chi connectivity index (χ2n) is 6.18. The molecule has 3 rings (SSSR count). The number of halogens is 1. The van der Waals surface area contributed by atoms with E-state index in [1.165, 1.54) is 11.8 Å². The van der Waals surface area contributed by atoms with Crippen molar-refractivity contribution >= 4 is 33.2 Å². The van der Waals surface area contributed by atoms with Crippen molar-refractivity contribution in [2.45, 2.75) is 22.7 Å². The first-order valence-electron chi connectivity index (χ1n) is 8.54. The molecule has 0 saturated carbocycles. The number of hydrogen-bond acceptors (Lipinski definition) is 6. The van der Waals surface area contributed by atoms with Gasteiger partial charge in [0.2, 0.25) is 0 Å². The number of aromatic nitrogens is 3. The Morgan fingerprint density at radius 1 is 1.07 bits per heavy atom. The summed E-state index contributed by atoms with van der Waals surface area (Å²) in [6, 6.07) is 14.0. The number of benzene rings is 2. The quantitative estimate of drug-likeness (QED) is 0.392. The lowest BCUT2D eigenvalue weighted by atomic mass is 10.2. The summed E-state index contributed by atoms with van der Waals surface area (Å²) >= 11 is 7.30. The maximum atomic E-state index is 12.6. The van der Waals surface area contributed by atoms with Crippen molar-refractivity contribution < 1.29 is 13.2 Å². The molecule has 0 saturated heterocycles. The van der Waals surface area contributed by atoms with Crippen LogP contribution < -0.4 is 4.74 Å². The van der Waals surface area contributed by atoms with E-state index in [9.17, 15) is 8.42 Å². The third-order valence-electron chi connectivity index (χ3n) is 4.02. The van der Waals surface area contributed by atoms with Gasteiger partial charge >= 0.3 is 0 Å². The first kappa shape index (κ1) is 20.7. The van der Waals surface area contributed by atoms with Crippen LogP contribution in [-0.2, 0) is 22.6 Å².